The van der Waals surface area contributed by atoms with Gasteiger partial charge in [0.1, 0.15) is 12.4 Å². The van der Waals surface area contributed by atoms with Gasteiger partial charge < -0.3 is 15.8 Å². The van der Waals surface area contributed by atoms with Crippen molar-refractivity contribution in [2.24, 2.45) is 0 Å². The molecule has 3 N–H and O–H groups in total. The number of benzene rings is 2. The Balaban J connectivity index is 1.76. The molecule has 3 rings (SSSR count). The average molecular weight is 303 g/mol. The second kappa shape index (κ2) is 5.66. The summed E-state index contributed by atoms with van der Waals surface area (Å²) >= 11 is 5.85. The molecule has 0 bridgehead atoms. The molecule has 0 fully saturated rings. The smallest absolute Gasteiger partial charge is 0.224 e. The van der Waals surface area contributed by atoms with E-state index in [-0.39, 0.29) is 5.91 Å². The van der Waals surface area contributed by atoms with E-state index in [1.807, 2.05) is 30.3 Å². The number of aryl methyl sites for hydroxylation is 1. The van der Waals surface area contributed by atoms with Crippen molar-refractivity contribution in [1.82, 2.24) is 0 Å². The molecule has 21 heavy (non-hydrogen) atoms. The highest BCUT2D eigenvalue weighted by atomic mass is 35.5. The van der Waals surface area contributed by atoms with Crippen LogP contribution in [0.5, 0.6) is 5.75 Å². The molecule has 0 saturated carbocycles. The zero-order chi connectivity index (χ0) is 14.8. The van der Waals surface area contributed by atoms with E-state index in [4.69, 9.17) is 22.1 Å². The number of hydrogen-bond donors (Lipinski definition) is 2. The molecule has 1 amide bonds. The fraction of sp³-hybridized carbons (Fsp3) is 0.188. The van der Waals surface area contributed by atoms with E-state index >= 15 is 0 Å². The van der Waals surface area contributed by atoms with E-state index in [0.717, 1.165) is 16.8 Å². The predicted molar refractivity (Wildman–Crippen MR) is 83.6 cm³/mol. The molecule has 0 saturated heterocycles. The highest BCUT2D eigenvalue weighted by molar-refractivity contribution is 6.30. The number of nitrogens with one attached hydrogen (secondary N) is 1. The number of anilines is 2. The lowest BCUT2D eigenvalue weighted by Crippen LogP contribution is -2.19. The lowest BCUT2D eigenvalue weighted by Gasteiger charge is -2.19. The summed E-state index contributed by atoms with van der Waals surface area (Å²) in [7, 11) is 0. The van der Waals surface area contributed by atoms with E-state index in [2.05, 4.69) is 5.32 Å². The van der Waals surface area contributed by atoms with Crippen LogP contribution < -0.4 is 15.8 Å². The molecule has 0 radical (unpaired) electrons. The monoisotopic (exact) mass is 302 g/mol. The molecular formula is C16H15ClN2O2. The van der Waals surface area contributed by atoms with Crippen molar-refractivity contribution in [1.29, 1.82) is 0 Å². The van der Waals surface area contributed by atoms with Crippen molar-refractivity contribution in [3.63, 3.8) is 0 Å². The minimum Gasteiger partial charge on any atom is -0.487 e. The molecule has 0 atom stereocenters. The summed E-state index contributed by atoms with van der Waals surface area (Å²) in [6.45, 7) is 0.423. The van der Waals surface area contributed by atoms with Crippen LogP contribution >= 0.6 is 11.6 Å². The number of nitrogens with two attached hydrogens (primary N) is 1. The van der Waals surface area contributed by atoms with Crippen LogP contribution in [0.25, 0.3) is 0 Å². The summed E-state index contributed by atoms with van der Waals surface area (Å²) in [5.74, 6) is 0.664. The van der Waals surface area contributed by atoms with E-state index in [1.165, 1.54) is 0 Å². The number of halogens is 1. The first-order valence-electron chi connectivity index (χ1n) is 6.71. The van der Waals surface area contributed by atoms with Crippen molar-refractivity contribution < 1.29 is 9.53 Å². The Kier molecular flexibility index (Phi) is 3.71. The quantitative estimate of drug-likeness (QED) is 0.854. The molecule has 108 valence electrons. The first-order chi connectivity index (χ1) is 10.1. The Morgan fingerprint density at radius 1 is 1.19 bits per heavy atom. The zero-order valence-electron chi connectivity index (χ0n) is 11.4. The minimum atomic E-state index is 0.0248. The van der Waals surface area contributed by atoms with Gasteiger partial charge in [-0.3, -0.25) is 4.79 Å². The number of nitrogen functional groups attached to an aromatic ring is 1. The topological polar surface area (TPSA) is 64.3 Å². The number of fused-ring (bicyclic) bond motifs is 1. The molecule has 1 heterocycles. The summed E-state index contributed by atoms with van der Waals surface area (Å²) < 4.78 is 5.77. The summed E-state index contributed by atoms with van der Waals surface area (Å²) in [5, 5.41) is 3.52. The highest BCUT2D eigenvalue weighted by Gasteiger charge is 2.17. The molecule has 0 spiro atoms. The molecule has 4 nitrogen and oxygen atoms in total. The number of amides is 1. The second-order valence-corrected chi connectivity index (χ2v) is 5.45. The third kappa shape index (κ3) is 3.11. The third-order valence-electron chi connectivity index (χ3n) is 3.44. The van der Waals surface area contributed by atoms with Crippen LogP contribution in [-0.4, -0.2) is 5.91 Å². The first-order valence-corrected chi connectivity index (χ1v) is 7.09. The normalized spacial score (nSPS) is 13.5. The van der Waals surface area contributed by atoms with Crippen molar-refractivity contribution in [2.75, 3.05) is 11.1 Å². The second-order valence-electron chi connectivity index (χ2n) is 5.01. The Labute approximate surface area is 127 Å². The Bertz CT molecular complexity index is 683. The minimum absolute atomic E-state index is 0.0248. The predicted octanol–water partition coefficient (Wildman–Crippen LogP) is 3.39. The van der Waals surface area contributed by atoms with Gasteiger partial charge in [-0.1, -0.05) is 23.7 Å². The van der Waals surface area contributed by atoms with Gasteiger partial charge in [0.05, 0.1) is 5.69 Å². The Morgan fingerprint density at radius 2 is 1.95 bits per heavy atom. The number of carbonyl (C=O) groups excluding carboxylic acids is 1. The maximum absolute atomic E-state index is 11.4. The van der Waals surface area contributed by atoms with Crippen LogP contribution in [0.3, 0.4) is 0 Å². The van der Waals surface area contributed by atoms with Gasteiger partial charge in [0.15, 0.2) is 0 Å². The molecule has 1 aliphatic rings. The van der Waals surface area contributed by atoms with Crippen LogP contribution in [0.15, 0.2) is 36.4 Å². The maximum atomic E-state index is 11.4. The fourth-order valence-electron chi connectivity index (χ4n) is 2.29. The number of hydrogen-bond acceptors (Lipinski definition) is 3. The lowest BCUT2D eigenvalue weighted by molar-refractivity contribution is -0.116. The van der Waals surface area contributed by atoms with Gasteiger partial charge in [0.2, 0.25) is 5.91 Å². The number of ether oxygens (including phenoxy) is 1. The van der Waals surface area contributed by atoms with E-state index in [0.29, 0.717) is 35.9 Å². The van der Waals surface area contributed by atoms with Gasteiger partial charge in [-0.25, -0.2) is 0 Å². The van der Waals surface area contributed by atoms with Gasteiger partial charge >= 0.3 is 0 Å². The molecule has 0 aliphatic carbocycles. The van der Waals surface area contributed by atoms with Crippen molar-refractivity contribution >= 4 is 28.9 Å². The summed E-state index contributed by atoms with van der Waals surface area (Å²) in [6, 6.07) is 11.1. The van der Waals surface area contributed by atoms with Gasteiger partial charge in [-0.15, -0.1) is 0 Å². The average Bonchev–Trinajstić information content (AvgIpc) is 2.47. The van der Waals surface area contributed by atoms with Crippen LogP contribution in [0.4, 0.5) is 11.4 Å². The molecule has 1 aliphatic heterocycles. The maximum Gasteiger partial charge on any atom is 0.224 e. The van der Waals surface area contributed by atoms with E-state index in [9.17, 15) is 4.79 Å². The molecular weight excluding hydrogens is 288 g/mol. The number of carbonyl (C=O) groups is 1. The number of rotatable bonds is 3. The standard InChI is InChI=1S/C16H15ClN2O2/c17-12-4-1-10(2-5-12)9-21-15-7-11-3-6-16(20)19-14(11)8-13(15)18/h1-2,4-5,7-8H,3,6,9,18H2,(H,19,20). The van der Waals surface area contributed by atoms with Gasteiger partial charge in [-0.2, -0.15) is 0 Å². The summed E-state index contributed by atoms with van der Waals surface area (Å²) in [5.41, 5.74) is 9.35. The van der Waals surface area contributed by atoms with Gasteiger partial charge in [0.25, 0.3) is 0 Å². The fourth-order valence-corrected chi connectivity index (χ4v) is 2.42. The van der Waals surface area contributed by atoms with Crippen LogP contribution in [0.2, 0.25) is 5.02 Å². The molecule has 2 aromatic carbocycles. The third-order valence-corrected chi connectivity index (χ3v) is 3.69. The molecule has 0 aromatic heterocycles. The van der Waals surface area contributed by atoms with Crippen LogP contribution in [0, 0.1) is 0 Å². The molecule has 0 unspecified atom stereocenters. The van der Waals surface area contributed by atoms with Crippen LogP contribution in [-0.2, 0) is 17.8 Å². The van der Waals surface area contributed by atoms with Gasteiger partial charge in [0, 0.05) is 17.1 Å². The Morgan fingerprint density at radius 3 is 2.71 bits per heavy atom. The highest BCUT2D eigenvalue weighted by Crippen LogP contribution is 2.32. The van der Waals surface area contributed by atoms with Crippen molar-refractivity contribution in [3.05, 3.63) is 52.5 Å². The zero-order valence-corrected chi connectivity index (χ0v) is 12.1. The Hall–Kier alpha value is -2.20. The summed E-state index contributed by atoms with van der Waals surface area (Å²) in [4.78, 5) is 11.4. The molecule has 2 aromatic rings. The van der Waals surface area contributed by atoms with Gasteiger partial charge in [-0.05, 0) is 41.8 Å². The largest absolute Gasteiger partial charge is 0.487 e. The van der Waals surface area contributed by atoms with E-state index < -0.39 is 0 Å². The van der Waals surface area contributed by atoms with Crippen molar-refractivity contribution in [2.45, 2.75) is 19.4 Å². The van der Waals surface area contributed by atoms with E-state index in [1.54, 1.807) is 6.07 Å². The van der Waals surface area contributed by atoms with Crippen molar-refractivity contribution in [3.8, 4) is 5.75 Å². The molecule has 5 heteroatoms. The lowest BCUT2D eigenvalue weighted by atomic mass is 10.0. The first kappa shape index (κ1) is 13.8. The summed E-state index contributed by atoms with van der Waals surface area (Å²) in [6.07, 6.45) is 1.20. The SMILES string of the molecule is Nc1cc2c(cc1OCc1ccc(Cl)cc1)CCC(=O)N2. The van der Waals surface area contributed by atoms with Crippen LogP contribution in [0.1, 0.15) is 17.5 Å².